The number of benzene rings is 1. The molecule has 0 aliphatic carbocycles. The number of hydrogen-bond donors (Lipinski definition) is 1. The van der Waals surface area contributed by atoms with E-state index in [9.17, 15) is 27.2 Å². The van der Waals surface area contributed by atoms with E-state index in [0.29, 0.717) is 19.3 Å². The number of anilines is 1. The lowest BCUT2D eigenvalue weighted by Gasteiger charge is -2.27. The summed E-state index contributed by atoms with van der Waals surface area (Å²) in [4.78, 5) is 29.7. The molecule has 1 aromatic carbocycles. The molecular weight excluding hydrogens is 382 g/mol. The lowest BCUT2D eigenvalue weighted by molar-refractivity contribution is -0.137. The van der Waals surface area contributed by atoms with Gasteiger partial charge in [0.1, 0.15) is 5.82 Å². The highest BCUT2D eigenvalue weighted by molar-refractivity contribution is 6.05. The summed E-state index contributed by atoms with van der Waals surface area (Å²) in [7, 11) is 0. The van der Waals surface area contributed by atoms with E-state index in [1.165, 1.54) is 4.90 Å². The Bertz CT molecular complexity index is 896. The minimum atomic E-state index is -4.72. The molecule has 1 aliphatic heterocycles. The topological polar surface area (TPSA) is 71.5 Å². The Kier molecular flexibility index (Phi) is 5.59. The molecule has 0 unspecified atom stereocenters. The van der Waals surface area contributed by atoms with Gasteiger partial charge in [-0.05, 0) is 24.3 Å². The van der Waals surface area contributed by atoms with Crippen molar-refractivity contribution in [2.45, 2.75) is 6.18 Å². The SMILES string of the molecule is O=C(Nc1cc(C(=O)N2CCOCC2)cc(C(F)(F)F)c1)c1cncc(F)c1. The molecule has 1 N–H and O–H groups in total. The highest BCUT2D eigenvalue weighted by atomic mass is 19.4. The first-order chi connectivity index (χ1) is 13.2. The Hall–Kier alpha value is -3.01. The van der Waals surface area contributed by atoms with Gasteiger partial charge >= 0.3 is 6.18 Å². The molecular formula is C18H15F4N3O3. The van der Waals surface area contributed by atoms with Gasteiger partial charge in [0.2, 0.25) is 0 Å². The van der Waals surface area contributed by atoms with Crippen LogP contribution in [0.15, 0.2) is 36.7 Å². The van der Waals surface area contributed by atoms with Gasteiger partial charge in [-0.2, -0.15) is 13.2 Å². The number of ether oxygens (including phenoxy) is 1. The third kappa shape index (κ3) is 4.63. The van der Waals surface area contributed by atoms with Gasteiger partial charge in [0, 0.05) is 30.5 Å². The van der Waals surface area contributed by atoms with E-state index in [2.05, 4.69) is 10.3 Å². The molecule has 3 rings (SSSR count). The normalized spacial score (nSPS) is 14.6. The Labute approximate surface area is 157 Å². The third-order valence-electron chi connectivity index (χ3n) is 4.03. The fourth-order valence-electron chi connectivity index (χ4n) is 2.68. The van der Waals surface area contributed by atoms with Crippen LogP contribution in [-0.2, 0) is 10.9 Å². The zero-order chi connectivity index (χ0) is 20.3. The minimum absolute atomic E-state index is 0.168. The van der Waals surface area contributed by atoms with E-state index in [0.717, 1.165) is 30.6 Å². The summed E-state index contributed by atoms with van der Waals surface area (Å²) < 4.78 is 58.1. The van der Waals surface area contributed by atoms with E-state index in [-0.39, 0.29) is 29.9 Å². The van der Waals surface area contributed by atoms with Crippen molar-refractivity contribution in [1.82, 2.24) is 9.88 Å². The van der Waals surface area contributed by atoms with E-state index in [1.807, 2.05) is 0 Å². The minimum Gasteiger partial charge on any atom is -0.378 e. The van der Waals surface area contributed by atoms with Gasteiger partial charge in [0.15, 0.2) is 0 Å². The van der Waals surface area contributed by atoms with Crippen LogP contribution in [-0.4, -0.2) is 48.0 Å². The zero-order valence-corrected chi connectivity index (χ0v) is 14.4. The van der Waals surface area contributed by atoms with Crippen molar-refractivity contribution in [1.29, 1.82) is 0 Å². The fraction of sp³-hybridized carbons (Fsp3) is 0.278. The van der Waals surface area contributed by atoms with Gasteiger partial charge < -0.3 is 15.0 Å². The van der Waals surface area contributed by atoms with Crippen molar-refractivity contribution >= 4 is 17.5 Å². The number of alkyl halides is 3. The second-order valence-corrected chi connectivity index (χ2v) is 6.05. The van der Waals surface area contributed by atoms with E-state index in [4.69, 9.17) is 4.74 Å². The van der Waals surface area contributed by atoms with Crippen molar-refractivity contribution in [2.24, 2.45) is 0 Å². The molecule has 28 heavy (non-hydrogen) atoms. The van der Waals surface area contributed by atoms with Crippen molar-refractivity contribution < 1.29 is 31.9 Å². The standard InChI is InChI=1S/C18H15F4N3O3/c19-14-6-12(9-23-10-14)16(26)24-15-7-11(5-13(8-15)18(20,21)22)17(27)25-1-3-28-4-2-25/h5-10H,1-4H2,(H,24,26). The summed E-state index contributed by atoms with van der Waals surface area (Å²) >= 11 is 0. The first kappa shape index (κ1) is 19.7. The first-order valence-corrected chi connectivity index (χ1v) is 8.25. The van der Waals surface area contributed by atoms with Crippen molar-refractivity contribution in [3.63, 3.8) is 0 Å². The van der Waals surface area contributed by atoms with Crippen LogP contribution >= 0.6 is 0 Å². The average molecular weight is 397 g/mol. The Morgan fingerprint density at radius 1 is 1.04 bits per heavy atom. The maximum Gasteiger partial charge on any atom is 0.416 e. The molecule has 0 atom stereocenters. The molecule has 1 saturated heterocycles. The van der Waals surface area contributed by atoms with Gasteiger partial charge in [0.25, 0.3) is 11.8 Å². The van der Waals surface area contributed by atoms with Crippen molar-refractivity contribution in [2.75, 3.05) is 31.6 Å². The number of nitrogens with one attached hydrogen (secondary N) is 1. The number of pyridine rings is 1. The summed E-state index contributed by atoms with van der Waals surface area (Å²) in [5.74, 6) is -2.21. The number of halogens is 4. The molecule has 1 aromatic heterocycles. The molecule has 6 nitrogen and oxygen atoms in total. The van der Waals surface area contributed by atoms with Crippen LogP contribution in [0.4, 0.5) is 23.2 Å². The zero-order valence-electron chi connectivity index (χ0n) is 14.4. The molecule has 0 spiro atoms. The molecule has 1 aliphatic rings. The van der Waals surface area contributed by atoms with Gasteiger partial charge in [-0.25, -0.2) is 4.39 Å². The largest absolute Gasteiger partial charge is 0.416 e. The number of aromatic nitrogens is 1. The maximum absolute atomic E-state index is 13.2. The average Bonchev–Trinajstić information content (AvgIpc) is 2.67. The monoisotopic (exact) mass is 397 g/mol. The van der Waals surface area contributed by atoms with Gasteiger partial charge in [-0.15, -0.1) is 0 Å². The lowest BCUT2D eigenvalue weighted by atomic mass is 10.1. The summed E-state index contributed by atoms with van der Waals surface area (Å²) in [5, 5.41) is 2.26. The van der Waals surface area contributed by atoms with Crippen LogP contribution in [0.5, 0.6) is 0 Å². The van der Waals surface area contributed by atoms with Crippen LogP contribution in [0.2, 0.25) is 0 Å². The van der Waals surface area contributed by atoms with Crippen molar-refractivity contribution in [3.05, 3.63) is 59.2 Å². The quantitative estimate of drug-likeness (QED) is 0.809. The molecule has 0 saturated carbocycles. The number of rotatable bonds is 3. The summed E-state index contributed by atoms with van der Waals surface area (Å²) in [6.45, 7) is 1.10. The number of hydrogen-bond acceptors (Lipinski definition) is 4. The second-order valence-electron chi connectivity index (χ2n) is 6.05. The van der Waals surface area contributed by atoms with Gasteiger partial charge in [0.05, 0.1) is 30.5 Å². The van der Waals surface area contributed by atoms with Crippen LogP contribution < -0.4 is 5.32 Å². The fourth-order valence-corrected chi connectivity index (χ4v) is 2.68. The highest BCUT2D eigenvalue weighted by Crippen LogP contribution is 2.32. The molecule has 1 fully saturated rings. The molecule has 2 aromatic rings. The number of morpholine rings is 1. The number of carbonyl (C=O) groups is 2. The molecule has 2 amide bonds. The second kappa shape index (κ2) is 7.93. The van der Waals surface area contributed by atoms with Crippen LogP contribution in [0.1, 0.15) is 26.3 Å². The predicted molar refractivity (Wildman–Crippen MR) is 90.3 cm³/mol. The Balaban J connectivity index is 1.91. The third-order valence-corrected chi connectivity index (χ3v) is 4.03. The molecule has 0 bridgehead atoms. The molecule has 10 heteroatoms. The van der Waals surface area contributed by atoms with E-state index < -0.39 is 29.4 Å². The smallest absolute Gasteiger partial charge is 0.378 e. The summed E-state index contributed by atoms with van der Waals surface area (Å²) in [6.07, 6.45) is -2.76. The van der Waals surface area contributed by atoms with E-state index >= 15 is 0 Å². The molecule has 148 valence electrons. The van der Waals surface area contributed by atoms with Crippen molar-refractivity contribution in [3.8, 4) is 0 Å². The lowest BCUT2D eigenvalue weighted by Crippen LogP contribution is -2.40. The molecule has 2 heterocycles. The highest BCUT2D eigenvalue weighted by Gasteiger charge is 2.32. The van der Waals surface area contributed by atoms with Gasteiger partial charge in [-0.1, -0.05) is 0 Å². The number of amides is 2. The summed E-state index contributed by atoms with van der Waals surface area (Å²) in [5.41, 5.74) is -1.71. The number of carbonyl (C=O) groups excluding carboxylic acids is 2. The Morgan fingerprint density at radius 3 is 2.39 bits per heavy atom. The predicted octanol–water partition coefficient (Wildman–Crippen LogP) is 2.96. The first-order valence-electron chi connectivity index (χ1n) is 8.25. The Morgan fingerprint density at radius 2 is 1.75 bits per heavy atom. The van der Waals surface area contributed by atoms with E-state index in [1.54, 1.807) is 0 Å². The van der Waals surface area contributed by atoms with Crippen LogP contribution in [0.25, 0.3) is 0 Å². The number of nitrogens with zero attached hydrogens (tertiary/aromatic N) is 2. The van der Waals surface area contributed by atoms with Crippen LogP contribution in [0.3, 0.4) is 0 Å². The summed E-state index contributed by atoms with van der Waals surface area (Å²) in [6, 6.07) is 3.49. The maximum atomic E-state index is 13.2. The molecule has 0 radical (unpaired) electrons. The van der Waals surface area contributed by atoms with Gasteiger partial charge in [-0.3, -0.25) is 14.6 Å². The van der Waals surface area contributed by atoms with Crippen LogP contribution in [0, 0.1) is 5.82 Å².